The van der Waals surface area contributed by atoms with E-state index in [1.54, 1.807) is 0 Å². The SMILES string of the molecule is CCCCCCCCCCCCOC(=O)CCCCC(=O)[O-].[Na+]. The van der Waals surface area contributed by atoms with Gasteiger partial charge in [-0.15, -0.1) is 0 Å². The van der Waals surface area contributed by atoms with Crippen molar-refractivity contribution in [2.75, 3.05) is 6.61 Å². The van der Waals surface area contributed by atoms with Gasteiger partial charge < -0.3 is 14.6 Å². The van der Waals surface area contributed by atoms with Gasteiger partial charge in [-0.2, -0.15) is 0 Å². The molecular weight excluding hydrogens is 303 g/mol. The van der Waals surface area contributed by atoms with Crippen LogP contribution in [-0.2, 0) is 14.3 Å². The molecule has 0 unspecified atom stereocenters. The Morgan fingerprint density at radius 3 is 1.74 bits per heavy atom. The van der Waals surface area contributed by atoms with Crippen molar-refractivity contribution in [2.24, 2.45) is 0 Å². The van der Waals surface area contributed by atoms with Crippen LogP contribution in [0.25, 0.3) is 0 Å². The molecule has 0 rings (SSSR count). The van der Waals surface area contributed by atoms with Gasteiger partial charge in [-0.25, -0.2) is 0 Å². The van der Waals surface area contributed by atoms with Crippen LogP contribution in [-0.4, -0.2) is 18.5 Å². The fraction of sp³-hybridized carbons (Fsp3) is 0.889. The number of hydrogen-bond acceptors (Lipinski definition) is 4. The molecule has 5 heteroatoms. The number of carboxylic acid groups (broad SMARTS) is 1. The maximum atomic E-state index is 11.4. The number of aliphatic carboxylic acids is 1. The fourth-order valence-corrected chi connectivity index (χ4v) is 2.39. The van der Waals surface area contributed by atoms with Crippen LogP contribution in [0.2, 0.25) is 0 Å². The van der Waals surface area contributed by atoms with Crippen molar-refractivity contribution >= 4 is 11.9 Å². The summed E-state index contributed by atoms with van der Waals surface area (Å²) in [5, 5.41) is 10.2. The van der Waals surface area contributed by atoms with Crippen molar-refractivity contribution in [2.45, 2.75) is 96.8 Å². The van der Waals surface area contributed by atoms with Gasteiger partial charge in [0.1, 0.15) is 0 Å². The molecule has 23 heavy (non-hydrogen) atoms. The van der Waals surface area contributed by atoms with E-state index in [1.807, 2.05) is 0 Å². The third-order valence-electron chi connectivity index (χ3n) is 3.77. The summed E-state index contributed by atoms with van der Waals surface area (Å²) in [5.74, 6) is -1.27. The van der Waals surface area contributed by atoms with Crippen molar-refractivity contribution in [1.29, 1.82) is 0 Å². The summed E-state index contributed by atoms with van der Waals surface area (Å²) in [5.41, 5.74) is 0. The zero-order valence-corrected chi connectivity index (χ0v) is 17.2. The Balaban J connectivity index is 0. The van der Waals surface area contributed by atoms with E-state index in [2.05, 4.69) is 6.92 Å². The van der Waals surface area contributed by atoms with Crippen LogP contribution in [0.3, 0.4) is 0 Å². The predicted molar refractivity (Wildman–Crippen MR) is 86.3 cm³/mol. The second-order valence-electron chi connectivity index (χ2n) is 5.98. The van der Waals surface area contributed by atoms with Crippen molar-refractivity contribution in [1.82, 2.24) is 0 Å². The first-order chi connectivity index (χ1) is 10.7. The monoisotopic (exact) mass is 336 g/mol. The number of carboxylic acids is 1. The van der Waals surface area contributed by atoms with Crippen LogP contribution in [0, 0.1) is 0 Å². The smallest absolute Gasteiger partial charge is 0.550 e. The molecule has 0 bridgehead atoms. The summed E-state index contributed by atoms with van der Waals surface area (Å²) in [7, 11) is 0. The summed E-state index contributed by atoms with van der Waals surface area (Å²) in [6, 6.07) is 0. The molecule has 0 aromatic heterocycles. The quantitative estimate of drug-likeness (QED) is 0.237. The second-order valence-corrected chi connectivity index (χ2v) is 5.98. The average molecular weight is 336 g/mol. The summed E-state index contributed by atoms with van der Waals surface area (Å²) in [4.78, 5) is 21.6. The van der Waals surface area contributed by atoms with Gasteiger partial charge in [-0.1, -0.05) is 64.7 Å². The van der Waals surface area contributed by atoms with E-state index in [0.717, 1.165) is 12.8 Å². The normalized spacial score (nSPS) is 10.1. The largest absolute Gasteiger partial charge is 1.00 e. The van der Waals surface area contributed by atoms with Crippen LogP contribution in [0.1, 0.15) is 96.8 Å². The first kappa shape index (κ1) is 25.2. The van der Waals surface area contributed by atoms with Gasteiger partial charge in [0.25, 0.3) is 0 Å². The van der Waals surface area contributed by atoms with E-state index in [-0.39, 0.29) is 41.9 Å². The molecule has 0 saturated carbocycles. The van der Waals surface area contributed by atoms with E-state index in [0.29, 0.717) is 25.9 Å². The summed E-state index contributed by atoms with van der Waals surface area (Å²) in [6.07, 6.45) is 14.0. The molecule has 0 radical (unpaired) electrons. The minimum Gasteiger partial charge on any atom is -0.550 e. The number of hydrogen-bond donors (Lipinski definition) is 0. The first-order valence-electron chi connectivity index (χ1n) is 9.02. The van der Waals surface area contributed by atoms with E-state index >= 15 is 0 Å². The molecule has 0 heterocycles. The summed E-state index contributed by atoms with van der Waals surface area (Å²) in [6.45, 7) is 2.73. The van der Waals surface area contributed by atoms with Gasteiger partial charge in [0, 0.05) is 12.4 Å². The molecule has 0 aromatic carbocycles. The molecule has 0 spiro atoms. The third kappa shape index (κ3) is 21.9. The maximum absolute atomic E-state index is 11.4. The first-order valence-corrected chi connectivity index (χ1v) is 9.02. The topological polar surface area (TPSA) is 66.4 Å². The van der Waals surface area contributed by atoms with Crippen LogP contribution < -0.4 is 34.7 Å². The minimum absolute atomic E-state index is 0. The van der Waals surface area contributed by atoms with Gasteiger partial charge in [0.05, 0.1) is 6.61 Å². The molecule has 0 atom stereocenters. The molecular formula is C18H33NaO4. The zero-order valence-electron chi connectivity index (χ0n) is 15.2. The predicted octanol–water partition coefficient (Wildman–Crippen LogP) is 0.765. The molecule has 0 saturated heterocycles. The molecule has 0 aliphatic heterocycles. The van der Waals surface area contributed by atoms with E-state index < -0.39 is 5.97 Å². The Kier molecular flexibility index (Phi) is 21.9. The van der Waals surface area contributed by atoms with Crippen LogP contribution in [0.4, 0.5) is 0 Å². The van der Waals surface area contributed by atoms with Crippen LogP contribution in [0.5, 0.6) is 0 Å². The van der Waals surface area contributed by atoms with Gasteiger partial charge in [0.2, 0.25) is 0 Å². The van der Waals surface area contributed by atoms with Crippen LogP contribution >= 0.6 is 0 Å². The molecule has 0 fully saturated rings. The molecule has 4 nitrogen and oxygen atoms in total. The zero-order chi connectivity index (χ0) is 16.5. The van der Waals surface area contributed by atoms with E-state index in [9.17, 15) is 14.7 Å². The molecule has 0 aliphatic carbocycles. The molecule has 0 N–H and O–H groups in total. The number of carbonyl (C=O) groups is 2. The molecule has 0 aromatic rings. The number of ether oxygens (including phenoxy) is 1. The van der Waals surface area contributed by atoms with E-state index in [4.69, 9.17) is 4.74 Å². The maximum Gasteiger partial charge on any atom is 1.00 e. The van der Waals surface area contributed by atoms with Crippen molar-refractivity contribution in [3.05, 3.63) is 0 Å². The van der Waals surface area contributed by atoms with Crippen molar-refractivity contribution in [3.63, 3.8) is 0 Å². The third-order valence-corrected chi connectivity index (χ3v) is 3.77. The van der Waals surface area contributed by atoms with Crippen molar-refractivity contribution < 1.29 is 49.0 Å². The van der Waals surface area contributed by atoms with Crippen LogP contribution in [0.15, 0.2) is 0 Å². The second kappa shape index (κ2) is 20.0. The molecule has 0 amide bonds. The number of esters is 1. The Morgan fingerprint density at radius 1 is 0.739 bits per heavy atom. The fourth-order valence-electron chi connectivity index (χ4n) is 2.39. The number of unbranched alkanes of at least 4 members (excludes halogenated alkanes) is 10. The van der Waals surface area contributed by atoms with E-state index in [1.165, 1.54) is 51.4 Å². The Labute approximate surface area is 164 Å². The van der Waals surface area contributed by atoms with Gasteiger partial charge in [0.15, 0.2) is 0 Å². The standard InChI is InChI=1S/C18H34O4.Na/c1-2-3-4-5-6-7-8-9-10-13-16-22-18(21)15-12-11-14-17(19)20;/h2-16H2,1H3,(H,19,20);/q;+1/p-1. The van der Waals surface area contributed by atoms with Gasteiger partial charge in [-0.05, 0) is 25.7 Å². The minimum atomic E-state index is -1.06. The van der Waals surface area contributed by atoms with Gasteiger partial charge in [-0.3, -0.25) is 4.79 Å². The Morgan fingerprint density at radius 2 is 1.22 bits per heavy atom. The summed E-state index contributed by atoms with van der Waals surface area (Å²) < 4.78 is 5.12. The van der Waals surface area contributed by atoms with Crippen molar-refractivity contribution in [3.8, 4) is 0 Å². The number of carbonyl (C=O) groups excluding carboxylic acids is 2. The Hall–Kier alpha value is -0.0600. The summed E-state index contributed by atoms with van der Waals surface area (Å²) >= 11 is 0. The van der Waals surface area contributed by atoms with Gasteiger partial charge >= 0.3 is 35.5 Å². The molecule has 130 valence electrons. The molecule has 0 aliphatic rings. The average Bonchev–Trinajstić information content (AvgIpc) is 2.49. The number of rotatable bonds is 16. The Bertz CT molecular complexity index is 282.